The Morgan fingerprint density at radius 2 is 2.00 bits per heavy atom. The zero-order valence-corrected chi connectivity index (χ0v) is 12.1. The van der Waals surface area contributed by atoms with Crippen LogP contribution in [0.4, 0.5) is 0 Å². The molecule has 0 aliphatic rings. The summed E-state index contributed by atoms with van der Waals surface area (Å²) in [4.78, 5) is 15.2. The fourth-order valence-electron chi connectivity index (χ4n) is 1.70. The molecular formula is C14H12BrNO3. The second-order valence-corrected chi connectivity index (χ2v) is 5.04. The van der Waals surface area contributed by atoms with Crippen molar-refractivity contribution < 1.29 is 14.6 Å². The van der Waals surface area contributed by atoms with Gasteiger partial charge in [0.25, 0.3) is 0 Å². The van der Waals surface area contributed by atoms with Gasteiger partial charge < -0.3 is 9.84 Å². The third-order valence-corrected chi connectivity index (χ3v) is 3.18. The fraction of sp³-hybridized carbons (Fsp3) is 0.143. The highest BCUT2D eigenvalue weighted by molar-refractivity contribution is 9.10. The monoisotopic (exact) mass is 321 g/mol. The van der Waals surface area contributed by atoms with E-state index in [-0.39, 0.29) is 11.4 Å². The Kier molecular flexibility index (Phi) is 3.85. The van der Waals surface area contributed by atoms with Crippen molar-refractivity contribution in [2.75, 3.05) is 0 Å². The summed E-state index contributed by atoms with van der Waals surface area (Å²) in [6, 6.07) is 7.14. The van der Waals surface area contributed by atoms with Crippen LogP contribution in [0.2, 0.25) is 0 Å². The molecule has 0 bridgehead atoms. The van der Waals surface area contributed by atoms with Crippen LogP contribution in [0, 0.1) is 13.8 Å². The first kappa shape index (κ1) is 13.5. The Labute approximate surface area is 119 Å². The van der Waals surface area contributed by atoms with Gasteiger partial charge >= 0.3 is 5.97 Å². The summed E-state index contributed by atoms with van der Waals surface area (Å²) in [5.74, 6) is -0.350. The van der Waals surface area contributed by atoms with E-state index in [9.17, 15) is 9.90 Å². The van der Waals surface area contributed by atoms with Gasteiger partial charge in [0.1, 0.15) is 11.3 Å². The highest BCUT2D eigenvalue weighted by Crippen LogP contribution is 2.29. The summed E-state index contributed by atoms with van der Waals surface area (Å²) in [6.45, 7) is 3.60. The normalized spacial score (nSPS) is 10.3. The van der Waals surface area contributed by atoms with E-state index in [1.54, 1.807) is 19.1 Å². The third kappa shape index (κ3) is 2.93. The van der Waals surface area contributed by atoms with Crippen LogP contribution in [-0.4, -0.2) is 16.1 Å². The standard InChI is InChI=1S/C14H12BrNO3/c1-8-5-6-16-13(12(8)14(17)18)19-11-4-3-10(15)7-9(11)2/h3-7H,1-2H3,(H,17,18). The van der Waals surface area contributed by atoms with Gasteiger partial charge in [-0.1, -0.05) is 15.9 Å². The van der Waals surface area contributed by atoms with Crippen molar-refractivity contribution in [1.82, 2.24) is 4.98 Å². The number of carboxylic acids is 1. The number of hydrogen-bond donors (Lipinski definition) is 1. The third-order valence-electron chi connectivity index (χ3n) is 2.68. The zero-order valence-electron chi connectivity index (χ0n) is 10.5. The molecule has 0 saturated heterocycles. The van der Waals surface area contributed by atoms with Crippen molar-refractivity contribution in [2.45, 2.75) is 13.8 Å². The predicted octanol–water partition coefficient (Wildman–Crippen LogP) is 3.95. The number of nitrogens with zero attached hydrogens (tertiary/aromatic N) is 1. The van der Waals surface area contributed by atoms with Crippen LogP contribution in [0.25, 0.3) is 0 Å². The first-order valence-electron chi connectivity index (χ1n) is 5.62. The molecule has 0 radical (unpaired) electrons. The zero-order chi connectivity index (χ0) is 14.0. The summed E-state index contributed by atoms with van der Waals surface area (Å²) < 4.78 is 6.56. The van der Waals surface area contributed by atoms with Gasteiger partial charge in [-0.2, -0.15) is 0 Å². The maximum atomic E-state index is 11.2. The first-order valence-corrected chi connectivity index (χ1v) is 6.41. The molecule has 98 valence electrons. The Morgan fingerprint density at radius 1 is 1.26 bits per heavy atom. The Bertz CT molecular complexity index is 641. The molecule has 4 nitrogen and oxygen atoms in total. The van der Waals surface area contributed by atoms with Crippen LogP contribution in [0.3, 0.4) is 0 Å². The van der Waals surface area contributed by atoms with E-state index >= 15 is 0 Å². The van der Waals surface area contributed by atoms with E-state index < -0.39 is 5.97 Å². The van der Waals surface area contributed by atoms with Gasteiger partial charge in [0.15, 0.2) is 0 Å². The molecule has 1 N–H and O–H groups in total. The Morgan fingerprint density at radius 3 is 2.63 bits per heavy atom. The number of pyridine rings is 1. The van der Waals surface area contributed by atoms with Gasteiger partial charge in [-0.05, 0) is 49.2 Å². The molecular weight excluding hydrogens is 310 g/mol. The van der Waals surface area contributed by atoms with Crippen LogP contribution in [0.15, 0.2) is 34.9 Å². The fourth-order valence-corrected chi connectivity index (χ4v) is 2.18. The van der Waals surface area contributed by atoms with Gasteiger partial charge in [0, 0.05) is 10.7 Å². The molecule has 0 amide bonds. The van der Waals surface area contributed by atoms with Crippen LogP contribution in [-0.2, 0) is 0 Å². The summed E-state index contributed by atoms with van der Waals surface area (Å²) in [5, 5.41) is 9.21. The van der Waals surface area contributed by atoms with E-state index in [1.165, 1.54) is 6.20 Å². The van der Waals surface area contributed by atoms with Gasteiger partial charge in [0.2, 0.25) is 5.88 Å². The minimum absolute atomic E-state index is 0.0878. The molecule has 1 aromatic heterocycles. The summed E-state index contributed by atoms with van der Waals surface area (Å²) in [6.07, 6.45) is 1.53. The highest BCUT2D eigenvalue weighted by atomic mass is 79.9. The first-order chi connectivity index (χ1) is 8.99. The lowest BCUT2D eigenvalue weighted by atomic mass is 10.1. The molecule has 0 saturated carbocycles. The van der Waals surface area contributed by atoms with E-state index in [0.29, 0.717) is 11.3 Å². The molecule has 0 atom stereocenters. The second kappa shape index (κ2) is 5.40. The number of benzene rings is 1. The lowest BCUT2D eigenvalue weighted by Gasteiger charge is -2.11. The summed E-state index contributed by atoms with van der Waals surface area (Å²) >= 11 is 3.37. The molecule has 2 rings (SSSR count). The van der Waals surface area contributed by atoms with E-state index in [2.05, 4.69) is 20.9 Å². The molecule has 1 heterocycles. The van der Waals surface area contributed by atoms with Crippen molar-refractivity contribution in [3.8, 4) is 11.6 Å². The summed E-state index contributed by atoms with van der Waals surface area (Å²) in [7, 11) is 0. The topological polar surface area (TPSA) is 59.4 Å². The molecule has 0 aliphatic heterocycles. The largest absolute Gasteiger partial charge is 0.477 e. The van der Waals surface area contributed by atoms with Crippen molar-refractivity contribution in [3.05, 3.63) is 51.6 Å². The molecule has 2 aromatic rings. The molecule has 0 spiro atoms. The second-order valence-electron chi connectivity index (χ2n) is 4.13. The molecule has 0 aliphatic carbocycles. The highest BCUT2D eigenvalue weighted by Gasteiger charge is 2.17. The van der Waals surface area contributed by atoms with Crippen molar-refractivity contribution in [2.24, 2.45) is 0 Å². The predicted molar refractivity (Wildman–Crippen MR) is 74.9 cm³/mol. The van der Waals surface area contributed by atoms with Crippen LogP contribution >= 0.6 is 15.9 Å². The molecule has 0 unspecified atom stereocenters. The number of rotatable bonds is 3. The van der Waals surface area contributed by atoms with Crippen LogP contribution < -0.4 is 4.74 Å². The average molecular weight is 322 g/mol. The Hall–Kier alpha value is -1.88. The average Bonchev–Trinajstić information content (AvgIpc) is 2.32. The van der Waals surface area contributed by atoms with Gasteiger partial charge in [0.05, 0.1) is 0 Å². The maximum absolute atomic E-state index is 11.2. The smallest absolute Gasteiger partial charge is 0.341 e. The summed E-state index contributed by atoms with van der Waals surface area (Å²) in [5.41, 5.74) is 1.60. The Balaban J connectivity index is 2.44. The van der Waals surface area contributed by atoms with Crippen LogP contribution in [0.1, 0.15) is 21.5 Å². The lowest BCUT2D eigenvalue weighted by molar-refractivity contribution is 0.0692. The quantitative estimate of drug-likeness (QED) is 0.929. The van der Waals surface area contributed by atoms with E-state index in [1.807, 2.05) is 19.1 Å². The maximum Gasteiger partial charge on any atom is 0.341 e. The molecule has 1 aromatic carbocycles. The number of ether oxygens (including phenoxy) is 1. The minimum Gasteiger partial charge on any atom is -0.477 e. The number of aromatic nitrogens is 1. The SMILES string of the molecule is Cc1cc(Br)ccc1Oc1nccc(C)c1C(=O)O. The number of carboxylic acid groups (broad SMARTS) is 1. The van der Waals surface area contributed by atoms with Crippen molar-refractivity contribution in [1.29, 1.82) is 0 Å². The molecule has 5 heteroatoms. The van der Waals surface area contributed by atoms with Gasteiger partial charge in [-0.3, -0.25) is 0 Å². The number of aromatic carboxylic acids is 1. The lowest BCUT2D eigenvalue weighted by Crippen LogP contribution is -2.05. The minimum atomic E-state index is -1.05. The molecule has 0 fully saturated rings. The molecule has 19 heavy (non-hydrogen) atoms. The number of carbonyl (C=O) groups is 1. The number of aryl methyl sites for hydroxylation is 2. The van der Waals surface area contributed by atoms with Crippen molar-refractivity contribution >= 4 is 21.9 Å². The van der Waals surface area contributed by atoms with Crippen molar-refractivity contribution in [3.63, 3.8) is 0 Å². The van der Waals surface area contributed by atoms with E-state index in [0.717, 1.165) is 10.0 Å². The van der Waals surface area contributed by atoms with Gasteiger partial charge in [-0.15, -0.1) is 0 Å². The number of halogens is 1. The number of hydrogen-bond acceptors (Lipinski definition) is 3. The van der Waals surface area contributed by atoms with E-state index in [4.69, 9.17) is 4.74 Å². The van der Waals surface area contributed by atoms with Crippen LogP contribution in [0.5, 0.6) is 11.6 Å². The van der Waals surface area contributed by atoms with Gasteiger partial charge in [-0.25, -0.2) is 9.78 Å².